The quantitative estimate of drug-likeness (QED) is 0.378. The minimum Gasteiger partial charge on any atom is -0.480 e. The van der Waals surface area contributed by atoms with Gasteiger partial charge >= 0.3 is 5.97 Å². The van der Waals surface area contributed by atoms with Crippen LogP contribution < -0.4 is 11.1 Å². The molecule has 0 fully saturated rings. The summed E-state index contributed by atoms with van der Waals surface area (Å²) in [6.07, 6.45) is 7.26. The molecule has 0 aliphatic carbocycles. The van der Waals surface area contributed by atoms with Gasteiger partial charge in [0.05, 0.1) is 6.54 Å². The zero-order valence-corrected chi connectivity index (χ0v) is 7.62. The molecule has 0 aromatic rings. The van der Waals surface area contributed by atoms with E-state index in [-0.39, 0.29) is 0 Å². The van der Waals surface area contributed by atoms with Crippen LogP contribution in [0.2, 0.25) is 0 Å². The molecule has 4 N–H and O–H groups in total. The Hall–Kier alpha value is -1.05. The van der Waals surface area contributed by atoms with E-state index in [1.807, 2.05) is 0 Å². The van der Waals surface area contributed by atoms with Crippen LogP contribution in [0.4, 0.5) is 0 Å². The topological polar surface area (TPSA) is 75.3 Å². The van der Waals surface area contributed by atoms with Gasteiger partial charge < -0.3 is 16.2 Å². The third-order valence-electron chi connectivity index (χ3n) is 1.66. The van der Waals surface area contributed by atoms with E-state index >= 15 is 0 Å². The van der Waals surface area contributed by atoms with E-state index in [9.17, 15) is 4.79 Å². The molecule has 0 aliphatic rings. The van der Waals surface area contributed by atoms with Gasteiger partial charge in [0, 0.05) is 0 Å². The average Bonchev–Trinajstić information content (AvgIpc) is 2.10. The molecule has 13 heavy (non-hydrogen) atoms. The van der Waals surface area contributed by atoms with E-state index in [1.165, 1.54) is 0 Å². The molecule has 1 unspecified atom stereocenters. The highest BCUT2D eigenvalue weighted by molar-refractivity contribution is 5.72. The first-order valence-corrected chi connectivity index (χ1v) is 4.31. The maximum atomic E-state index is 10.3. The van der Waals surface area contributed by atoms with Crippen molar-refractivity contribution < 1.29 is 9.90 Å². The van der Waals surface area contributed by atoms with Gasteiger partial charge in [-0.1, -0.05) is 12.3 Å². The molecule has 0 amide bonds. The Labute approximate surface area is 78.5 Å². The lowest BCUT2D eigenvalue weighted by Crippen LogP contribution is -2.30. The first-order chi connectivity index (χ1) is 6.18. The van der Waals surface area contributed by atoms with Crippen LogP contribution in [0.1, 0.15) is 19.3 Å². The van der Waals surface area contributed by atoms with Crippen molar-refractivity contribution in [2.75, 3.05) is 13.1 Å². The first kappa shape index (κ1) is 11.9. The Kier molecular flexibility index (Phi) is 6.98. The van der Waals surface area contributed by atoms with Gasteiger partial charge in [-0.05, 0) is 19.4 Å². The number of carboxylic acids is 1. The average molecular weight is 184 g/mol. The Balaban J connectivity index is 3.17. The summed E-state index contributed by atoms with van der Waals surface area (Å²) >= 11 is 0. The van der Waals surface area contributed by atoms with Crippen molar-refractivity contribution in [2.45, 2.75) is 25.3 Å². The van der Waals surface area contributed by atoms with Gasteiger partial charge in [0.1, 0.15) is 6.04 Å². The van der Waals surface area contributed by atoms with Gasteiger partial charge in [0.2, 0.25) is 0 Å². The first-order valence-electron chi connectivity index (χ1n) is 4.31. The third kappa shape index (κ3) is 7.32. The molecule has 0 bridgehead atoms. The summed E-state index contributed by atoms with van der Waals surface area (Å²) in [4.78, 5) is 10.3. The third-order valence-corrected chi connectivity index (χ3v) is 1.66. The molecule has 0 saturated carbocycles. The summed E-state index contributed by atoms with van der Waals surface area (Å²) in [6.45, 7) is 1.38. The second-order valence-electron chi connectivity index (χ2n) is 2.82. The van der Waals surface area contributed by atoms with Gasteiger partial charge in [0.15, 0.2) is 0 Å². The van der Waals surface area contributed by atoms with E-state index in [1.54, 1.807) is 0 Å². The molecule has 0 spiro atoms. The molecule has 0 aromatic heterocycles. The number of carboxylic acid groups (broad SMARTS) is 1. The van der Waals surface area contributed by atoms with E-state index in [2.05, 4.69) is 11.2 Å². The number of rotatable bonds is 7. The van der Waals surface area contributed by atoms with E-state index in [4.69, 9.17) is 17.3 Å². The summed E-state index contributed by atoms with van der Waals surface area (Å²) in [5.74, 6) is 1.52. The van der Waals surface area contributed by atoms with Crippen molar-refractivity contribution in [1.82, 2.24) is 5.32 Å². The molecular formula is C9H16N2O2. The number of hydrogen-bond donors (Lipinski definition) is 3. The van der Waals surface area contributed by atoms with Crippen LogP contribution in [-0.2, 0) is 4.79 Å². The van der Waals surface area contributed by atoms with Crippen LogP contribution in [0.15, 0.2) is 0 Å². The van der Waals surface area contributed by atoms with Crippen molar-refractivity contribution in [1.29, 1.82) is 0 Å². The summed E-state index contributed by atoms with van der Waals surface area (Å²) in [5, 5.41) is 11.5. The Morgan fingerprint density at radius 1 is 1.62 bits per heavy atom. The van der Waals surface area contributed by atoms with Crippen molar-refractivity contribution >= 4 is 5.97 Å². The standard InChI is InChI=1S/C9H16N2O2/c1-2-6-11-7-4-3-5-8(10)9(12)13/h1,8,11H,3-7,10H2,(H,12,13). The molecule has 74 valence electrons. The molecule has 0 aliphatic heterocycles. The Morgan fingerprint density at radius 3 is 2.85 bits per heavy atom. The molecule has 0 radical (unpaired) electrons. The lowest BCUT2D eigenvalue weighted by atomic mass is 10.1. The Bertz CT molecular complexity index is 187. The molecule has 4 heteroatoms. The van der Waals surface area contributed by atoms with Crippen LogP contribution in [0.5, 0.6) is 0 Å². The van der Waals surface area contributed by atoms with Crippen molar-refractivity contribution in [3.8, 4) is 12.3 Å². The van der Waals surface area contributed by atoms with Crippen molar-refractivity contribution in [3.63, 3.8) is 0 Å². The minimum absolute atomic E-state index is 0.521. The van der Waals surface area contributed by atoms with Crippen molar-refractivity contribution in [3.05, 3.63) is 0 Å². The van der Waals surface area contributed by atoms with Gasteiger partial charge in [0.25, 0.3) is 0 Å². The molecule has 0 saturated heterocycles. The number of nitrogens with one attached hydrogen (secondary N) is 1. The van der Waals surface area contributed by atoms with Gasteiger partial charge in [-0.15, -0.1) is 6.42 Å². The number of aliphatic carboxylic acids is 1. The molecule has 0 aromatic carbocycles. The highest BCUT2D eigenvalue weighted by atomic mass is 16.4. The van der Waals surface area contributed by atoms with Crippen LogP contribution in [0, 0.1) is 12.3 Å². The summed E-state index contributed by atoms with van der Waals surface area (Å²) in [6, 6.07) is -0.729. The zero-order valence-electron chi connectivity index (χ0n) is 7.62. The largest absolute Gasteiger partial charge is 0.480 e. The molecule has 0 rings (SSSR count). The summed E-state index contributed by atoms with van der Waals surface area (Å²) < 4.78 is 0. The molecule has 4 nitrogen and oxygen atoms in total. The highest BCUT2D eigenvalue weighted by Gasteiger charge is 2.09. The second-order valence-corrected chi connectivity index (χ2v) is 2.82. The predicted octanol–water partition coefficient (Wildman–Crippen LogP) is -0.209. The van der Waals surface area contributed by atoms with E-state index in [0.29, 0.717) is 13.0 Å². The lowest BCUT2D eigenvalue weighted by molar-refractivity contribution is -0.138. The summed E-state index contributed by atoms with van der Waals surface area (Å²) in [7, 11) is 0. The second kappa shape index (κ2) is 7.59. The van der Waals surface area contributed by atoms with Crippen molar-refractivity contribution in [2.24, 2.45) is 5.73 Å². The van der Waals surface area contributed by atoms with Crippen LogP contribution >= 0.6 is 0 Å². The fraction of sp³-hybridized carbons (Fsp3) is 0.667. The predicted molar refractivity (Wildman–Crippen MR) is 51.2 cm³/mol. The zero-order chi connectivity index (χ0) is 10.1. The van der Waals surface area contributed by atoms with Crippen LogP contribution in [-0.4, -0.2) is 30.2 Å². The fourth-order valence-electron chi connectivity index (χ4n) is 0.898. The monoisotopic (exact) mass is 184 g/mol. The molecule has 1 atom stereocenters. The minimum atomic E-state index is -0.934. The fourth-order valence-corrected chi connectivity index (χ4v) is 0.898. The maximum Gasteiger partial charge on any atom is 0.320 e. The number of unbranched alkanes of at least 4 members (excludes halogenated alkanes) is 1. The van der Waals surface area contributed by atoms with Gasteiger partial charge in [-0.2, -0.15) is 0 Å². The highest BCUT2D eigenvalue weighted by Crippen LogP contribution is 1.97. The number of carbonyl (C=O) groups is 1. The van der Waals surface area contributed by atoms with Gasteiger partial charge in [-0.3, -0.25) is 4.79 Å². The van der Waals surface area contributed by atoms with Crippen LogP contribution in [0.3, 0.4) is 0 Å². The Morgan fingerprint density at radius 2 is 2.31 bits per heavy atom. The van der Waals surface area contributed by atoms with E-state index in [0.717, 1.165) is 19.4 Å². The normalized spacial score (nSPS) is 12.0. The van der Waals surface area contributed by atoms with Crippen LogP contribution in [0.25, 0.3) is 0 Å². The number of terminal acetylenes is 1. The summed E-state index contributed by atoms with van der Waals surface area (Å²) in [5.41, 5.74) is 5.31. The van der Waals surface area contributed by atoms with E-state index < -0.39 is 12.0 Å². The smallest absolute Gasteiger partial charge is 0.320 e. The molecular weight excluding hydrogens is 168 g/mol. The SMILES string of the molecule is C#CCNCCCCC(N)C(=O)O. The molecule has 0 heterocycles. The maximum absolute atomic E-state index is 10.3. The van der Waals surface area contributed by atoms with Gasteiger partial charge in [-0.25, -0.2) is 0 Å². The number of hydrogen-bond acceptors (Lipinski definition) is 3. The lowest BCUT2D eigenvalue weighted by Gasteiger charge is -2.05. The number of nitrogens with two attached hydrogens (primary N) is 1.